The van der Waals surface area contributed by atoms with Gasteiger partial charge >= 0.3 is 0 Å². The Morgan fingerprint density at radius 2 is 2.12 bits per heavy atom. The lowest BCUT2D eigenvalue weighted by Crippen LogP contribution is -2.06. The van der Waals surface area contributed by atoms with E-state index in [9.17, 15) is 4.39 Å². The molecule has 1 aliphatic carbocycles. The zero-order chi connectivity index (χ0) is 11.8. The highest BCUT2D eigenvalue weighted by Crippen LogP contribution is 2.48. The van der Waals surface area contributed by atoms with E-state index in [4.69, 9.17) is 5.26 Å². The standard InChI is InChI=1S/C14H16FN/c1-10(2)7-11-3-4-12(13(15)8-11)14(9-16)5-6-14/h3-4,8,10H,5-7H2,1-2H3. The summed E-state index contributed by atoms with van der Waals surface area (Å²) in [4.78, 5) is 0. The van der Waals surface area contributed by atoms with Crippen LogP contribution in [0.1, 0.15) is 37.8 Å². The minimum absolute atomic E-state index is 0.211. The first-order valence-electron chi connectivity index (χ1n) is 5.77. The molecular formula is C14H16FN. The molecule has 0 heterocycles. The Hall–Kier alpha value is -1.36. The zero-order valence-electron chi connectivity index (χ0n) is 9.76. The smallest absolute Gasteiger partial charge is 0.128 e. The van der Waals surface area contributed by atoms with E-state index in [1.165, 1.54) is 0 Å². The van der Waals surface area contributed by atoms with E-state index in [1.54, 1.807) is 12.1 Å². The van der Waals surface area contributed by atoms with Gasteiger partial charge in [-0.25, -0.2) is 4.39 Å². The second-order valence-corrected chi connectivity index (χ2v) is 5.11. The van der Waals surface area contributed by atoms with Crippen molar-refractivity contribution in [2.24, 2.45) is 5.92 Å². The van der Waals surface area contributed by atoms with E-state index >= 15 is 0 Å². The second kappa shape index (κ2) is 3.90. The lowest BCUT2D eigenvalue weighted by atomic mass is 9.94. The summed E-state index contributed by atoms with van der Waals surface area (Å²) in [6.07, 6.45) is 2.48. The van der Waals surface area contributed by atoms with Crippen molar-refractivity contribution in [2.75, 3.05) is 0 Å². The minimum Gasteiger partial charge on any atom is -0.207 e. The predicted octanol–water partition coefficient (Wildman–Crippen LogP) is 3.58. The molecule has 0 N–H and O–H groups in total. The van der Waals surface area contributed by atoms with Crippen molar-refractivity contribution in [2.45, 2.75) is 38.5 Å². The van der Waals surface area contributed by atoms with E-state index in [-0.39, 0.29) is 5.82 Å². The van der Waals surface area contributed by atoms with Crippen LogP contribution >= 0.6 is 0 Å². The fraction of sp³-hybridized carbons (Fsp3) is 0.500. The van der Waals surface area contributed by atoms with Crippen LogP contribution < -0.4 is 0 Å². The fourth-order valence-corrected chi connectivity index (χ4v) is 2.11. The topological polar surface area (TPSA) is 23.8 Å². The summed E-state index contributed by atoms with van der Waals surface area (Å²) in [5.41, 5.74) is 1.09. The Labute approximate surface area is 95.9 Å². The van der Waals surface area contributed by atoms with Gasteiger partial charge in [0.2, 0.25) is 0 Å². The Morgan fingerprint density at radius 1 is 1.44 bits per heavy atom. The van der Waals surface area contributed by atoms with Gasteiger partial charge in [0.05, 0.1) is 11.5 Å². The predicted molar refractivity (Wildman–Crippen MR) is 61.5 cm³/mol. The van der Waals surface area contributed by atoms with Crippen LogP contribution in [-0.2, 0) is 11.8 Å². The average Bonchev–Trinajstić information content (AvgIpc) is 2.97. The molecule has 0 spiro atoms. The zero-order valence-corrected chi connectivity index (χ0v) is 9.76. The third-order valence-corrected chi connectivity index (χ3v) is 3.16. The highest BCUT2D eigenvalue weighted by molar-refractivity contribution is 5.41. The van der Waals surface area contributed by atoms with Crippen LogP contribution in [-0.4, -0.2) is 0 Å². The van der Waals surface area contributed by atoms with Crippen LogP contribution in [0.2, 0.25) is 0 Å². The molecule has 0 saturated heterocycles. The van der Waals surface area contributed by atoms with Crippen molar-refractivity contribution >= 4 is 0 Å². The third-order valence-electron chi connectivity index (χ3n) is 3.16. The van der Waals surface area contributed by atoms with E-state index in [0.29, 0.717) is 11.5 Å². The van der Waals surface area contributed by atoms with Crippen molar-refractivity contribution < 1.29 is 4.39 Å². The Morgan fingerprint density at radius 3 is 2.56 bits per heavy atom. The number of hydrogen-bond acceptors (Lipinski definition) is 1. The highest BCUT2D eigenvalue weighted by Gasteiger charge is 2.46. The maximum Gasteiger partial charge on any atom is 0.128 e. The summed E-state index contributed by atoms with van der Waals surface area (Å²) < 4.78 is 13.9. The van der Waals surface area contributed by atoms with Crippen molar-refractivity contribution in [3.05, 3.63) is 35.1 Å². The Kier molecular flexibility index (Phi) is 2.71. The molecule has 1 aromatic rings. The van der Waals surface area contributed by atoms with Gasteiger partial charge in [0.1, 0.15) is 5.82 Å². The van der Waals surface area contributed by atoms with Gasteiger partial charge in [0.25, 0.3) is 0 Å². The molecule has 0 radical (unpaired) electrons. The van der Waals surface area contributed by atoms with Crippen LogP contribution in [0, 0.1) is 23.1 Å². The molecule has 2 heteroatoms. The number of rotatable bonds is 3. The van der Waals surface area contributed by atoms with E-state index in [0.717, 1.165) is 24.8 Å². The molecule has 0 bridgehead atoms. The van der Waals surface area contributed by atoms with Gasteiger partial charge in [-0.1, -0.05) is 26.0 Å². The van der Waals surface area contributed by atoms with Gasteiger partial charge in [-0.3, -0.25) is 0 Å². The second-order valence-electron chi connectivity index (χ2n) is 5.11. The van der Waals surface area contributed by atoms with Crippen LogP contribution in [0.3, 0.4) is 0 Å². The minimum atomic E-state index is -0.513. The molecule has 1 nitrogen and oxygen atoms in total. The number of halogens is 1. The fourth-order valence-electron chi connectivity index (χ4n) is 2.11. The first-order valence-corrected chi connectivity index (χ1v) is 5.77. The van der Waals surface area contributed by atoms with Crippen LogP contribution in [0.4, 0.5) is 4.39 Å². The first-order chi connectivity index (χ1) is 7.57. The summed E-state index contributed by atoms with van der Waals surface area (Å²) in [7, 11) is 0. The molecular weight excluding hydrogens is 201 g/mol. The Bertz CT molecular complexity index is 439. The quantitative estimate of drug-likeness (QED) is 0.759. The van der Waals surface area contributed by atoms with Crippen molar-refractivity contribution in [1.82, 2.24) is 0 Å². The third kappa shape index (κ3) is 1.95. The summed E-state index contributed by atoms with van der Waals surface area (Å²) in [6, 6.07) is 7.57. The van der Waals surface area contributed by atoms with Crippen molar-refractivity contribution in [1.29, 1.82) is 5.26 Å². The van der Waals surface area contributed by atoms with E-state index in [2.05, 4.69) is 19.9 Å². The molecule has 1 aromatic carbocycles. The summed E-state index contributed by atoms with van der Waals surface area (Å²) in [6.45, 7) is 4.23. The van der Waals surface area contributed by atoms with Gasteiger partial charge in [0, 0.05) is 5.56 Å². The van der Waals surface area contributed by atoms with Crippen LogP contribution in [0.15, 0.2) is 18.2 Å². The highest BCUT2D eigenvalue weighted by atomic mass is 19.1. The molecule has 16 heavy (non-hydrogen) atoms. The summed E-state index contributed by atoms with van der Waals surface area (Å²) in [5.74, 6) is 0.313. The summed E-state index contributed by atoms with van der Waals surface area (Å²) >= 11 is 0. The first kappa shape index (κ1) is 11.1. The molecule has 1 saturated carbocycles. The molecule has 1 fully saturated rings. The molecule has 0 aromatic heterocycles. The largest absolute Gasteiger partial charge is 0.207 e. The average molecular weight is 217 g/mol. The number of benzene rings is 1. The molecule has 0 aliphatic heterocycles. The van der Waals surface area contributed by atoms with Crippen LogP contribution in [0.5, 0.6) is 0 Å². The van der Waals surface area contributed by atoms with Gasteiger partial charge in [0.15, 0.2) is 0 Å². The molecule has 0 atom stereocenters. The van der Waals surface area contributed by atoms with Gasteiger partial charge in [-0.2, -0.15) is 5.26 Å². The maximum absolute atomic E-state index is 13.9. The number of hydrogen-bond donors (Lipinski definition) is 0. The number of nitrogens with zero attached hydrogens (tertiary/aromatic N) is 1. The Balaban J connectivity index is 2.28. The molecule has 1 aliphatic rings. The van der Waals surface area contributed by atoms with E-state index < -0.39 is 5.41 Å². The van der Waals surface area contributed by atoms with Crippen molar-refractivity contribution in [3.63, 3.8) is 0 Å². The lowest BCUT2D eigenvalue weighted by molar-refractivity contribution is 0.590. The maximum atomic E-state index is 13.9. The van der Waals surface area contributed by atoms with E-state index in [1.807, 2.05) is 6.07 Å². The van der Waals surface area contributed by atoms with Crippen molar-refractivity contribution in [3.8, 4) is 6.07 Å². The molecule has 2 rings (SSSR count). The van der Waals surface area contributed by atoms with Crippen LogP contribution in [0.25, 0.3) is 0 Å². The SMILES string of the molecule is CC(C)Cc1ccc(C2(C#N)CC2)c(F)c1. The molecule has 0 amide bonds. The lowest BCUT2D eigenvalue weighted by Gasteiger charge is -2.10. The molecule has 0 unspecified atom stereocenters. The van der Waals surface area contributed by atoms with Gasteiger partial charge in [-0.15, -0.1) is 0 Å². The summed E-state index contributed by atoms with van der Waals surface area (Å²) in [5, 5.41) is 9.03. The monoisotopic (exact) mass is 217 g/mol. The van der Waals surface area contributed by atoms with Gasteiger partial charge in [-0.05, 0) is 36.8 Å². The number of nitriles is 1. The normalized spacial score (nSPS) is 17.2. The molecule has 84 valence electrons. The van der Waals surface area contributed by atoms with Gasteiger partial charge < -0.3 is 0 Å².